The van der Waals surface area contributed by atoms with Crippen molar-refractivity contribution >= 4 is 11.8 Å². The molecule has 2 amide bonds. The Morgan fingerprint density at radius 1 is 1.06 bits per heavy atom. The SMILES string of the molecule is O=C(c1ccc(F)cc1)N1CC(=O)N2[C@H](CO)[C@H](c3ccc(C#CC4CCCC4)cc3)[C@@H]2C1. The molecule has 5 rings (SSSR count). The molecule has 1 saturated carbocycles. The first-order chi connectivity index (χ1) is 16.0. The summed E-state index contributed by atoms with van der Waals surface area (Å²) in [6.45, 7) is 0.222. The van der Waals surface area contributed by atoms with Gasteiger partial charge in [-0.25, -0.2) is 4.39 Å². The molecule has 1 N–H and O–H groups in total. The second kappa shape index (κ2) is 8.99. The van der Waals surface area contributed by atoms with Crippen molar-refractivity contribution in [1.82, 2.24) is 9.80 Å². The van der Waals surface area contributed by atoms with Crippen LogP contribution in [-0.4, -0.2) is 58.5 Å². The fourth-order valence-electron chi connectivity index (χ4n) is 5.47. The van der Waals surface area contributed by atoms with Gasteiger partial charge in [-0.3, -0.25) is 9.59 Å². The van der Waals surface area contributed by atoms with Gasteiger partial charge in [0.1, 0.15) is 12.4 Å². The molecule has 0 aromatic heterocycles. The van der Waals surface area contributed by atoms with E-state index in [1.165, 1.54) is 54.8 Å². The van der Waals surface area contributed by atoms with Gasteiger partial charge in [0, 0.05) is 29.5 Å². The van der Waals surface area contributed by atoms with Crippen molar-refractivity contribution in [2.24, 2.45) is 5.92 Å². The molecule has 2 aromatic carbocycles. The summed E-state index contributed by atoms with van der Waals surface area (Å²) < 4.78 is 13.2. The first kappa shape index (κ1) is 21.7. The zero-order valence-corrected chi connectivity index (χ0v) is 18.4. The van der Waals surface area contributed by atoms with Gasteiger partial charge in [0.05, 0.1) is 18.7 Å². The van der Waals surface area contributed by atoms with Gasteiger partial charge in [-0.15, -0.1) is 0 Å². The zero-order chi connectivity index (χ0) is 22.9. The number of halogens is 1. The molecule has 3 aliphatic rings. The molecule has 2 aromatic rings. The summed E-state index contributed by atoms with van der Waals surface area (Å²) in [6.07, 6.45) is 4.90. The van der Waals surface area contributed by atoms with Crippen LogP contribution in [-0.2, 0) is 4.79 Å². The lowest BCUT2D eigenvalue weighted by atomic mass is 9.73. The van der Waals surface area contributed by atoms with Gasteiger partial charge in [-0.05, 0) is 54.8 Å². The van der Waals surface area contributed by atoms with E-state index in [0.717, 1.165) is 11.1 Å². The molecule has 3 fully saturated rings. The fourth-order valence-corrected chi connectivity index (χ4v) is 5.47. The van der Waals surface area contributed by atoms with Crippen LogP contribution in [0.1, 0.15) is 53.1 Å². The number of aliphatic hydroxyl groups excluding tert-OH is 1. The molecular formula is C27H27FN2O3. The predicted molar refractivity (Wildman–Crippen MR) is 122 cm³/mol. The molecule has 5 nitrogen and oxygen atoms in total. The molecule has 0 spiro atoms. The lowest BCUT2D eigenvalue weighted by molar-refractivity contribution is -0.159. The Bertz CT molecular complexity index is 1100. The van der Waals surface area contributed by atoms with Crippen LogP contribution in [0.15, 0.2) is 48.5 Å². The van der Waals surface area contributed by atoms with Crippen LogP contribution in [0.4, 0.5) is 4.39 Å². The number of benzene rings is 2. The minimum absolute atomic E-state index is 0.0361. The number of amides is 2. The molecule has 2 saturated heterocycles. The fraction of sp³-hybridized carbons (Fsp3) is 0.407. The van der Waals surface area contributed by atoms with Crippen LogP contribution in [0, 0.1) is 23.6 Å². The van der Waals surface area contributed by atoms with E-state index >= 15 is 0 Å². The van der Waals surface area contributed by atoms with Crippen molar-refractivity contribution < 1.29 is 19.1 Å². The Morgan fingerprint density at radius 3 is 2.42 bits per heavy atom. The van der Waals surface area contributed by atoms with E-state index in [1.807, 2.05) is 24.3 Å². The Kier molecular flexibility index (Phi) is 5.90. The monoisotopic (exact) mass is 446 g/mol. The van der Waals surface area contributed by atoms with Gasteiger partial charge >= 0.3 is 0 Å². The van der Waals surface area contributed by atoms with Crippen molar-refractivity contribution in [3.05, 3.63) is 71.0 Å². The van der Waals surface area contributed by atoms with Crippen LogP contribution in [0.2, 0.25) is 0 Å². The van der Waals surface area contributed by atoms with Gasteiger partial charge < -0.3 is 14.9 Å². The highest BCUT2D eigenvalue weighted by Gasteiger charge is 2.54. The summed E-state index contributed by atoms with van der Waals surface area (Å²) >= 11 is 0. The maximum Gasteiger partial charge on any atom is 0.254 e. The molecule has 1 aliphatic carbocycles. The van der Waals surface area contributed by atoms with Crippen molar-refractivity contribution in [2.75, 3.05) is 19.7 Å². The van der Waals surface area contributed by atoms with Crippen LogP contribution in [0.25, 0.3) is 0 Å². The lowest BCUT2D eigenvalue weighted by Gasteiger charge is -2.58. The number of nitrogens with zero attached hydrogens (tertiary/aromatic N) is 2. The number of piperazine rings is 1. The van der Waals surface area contributed by atoms with E-state index in [9.17, 15) is 19.1 Å². The Hall–Kier alpha value is -3.17. The Balaban J connectivity index is 1.33. The minimum atomic E-state index is -0.409. The average Bonchev–Trinajstić information content (AvgIpc) is 3.33. The molecule has 2 aliphatic heterocycles. The smallest absolute Gasteiger partial charge is 0.254 e. The summed E-state index contributed by atoms with van der Waals surface area (Å²) in [7, 11) is 0. The summed E-state index contributed by atoms with van der Waals surface area (Å²) in [5, 5.41) is 9.98. The van der Waals surface area contributed by atoms with E-state index in [2.05, 4.69) is 11.8 Å². The number of carbonyl (C=O) groups is 2. The third kappa shape index (κ3) is 4.14. The van der Waals surface area contributed by atoms with Crippen LogP contribution in [0.3, 0.4) is 0 Å². The molecule has 3 atom stereocenters. The van der Waals surface area contributed by atoms with E-state index in [-0.39, 0.29) is 43.0 Å². The molecular weight excluding hydrogens is 419 g/mol. The van der Waals surface area contributed by atoms with E-state index < -0.39 is 5.82 Å². The molecule has 170 valence electrons. The van der Waals surface area contributed by atoms with Crippen molar-refractivity contribution in [3.8, 4) is 11.8 Å². The van der Waals surface area contributed by atoms with Crippen molar-refractivity contribution in [2.45, 2.75) is 43.7 Å². The Labute approximate surface area is 193 Å². The van der Waals surface area contributed by atoms with Crippen LogP contribution >= 0.6 is 0 Å². The maximum atomic E-state index is 13.2. The molecule has 0 bridgehead atoms. The summed E-state index contributed by atoms with van der Waals surface area (Å²) in [4.78, 5) is 29.0. The van der Waals surface area contributed by atoms with E-state index in [4.69, 9.17) is 0 Å². The number of fused-ring (bicyclic) bond motifs is 1. The topological polar surface area (TPSA) is 60.9 Å². The summed E-state index contributed by atoms with van der Waals surface area (Å²) in [5.74, 6) is 6.23. The van der Waals surface area contributed by atoms with E-state index in [0.29, 0.717) is 18.0 Å². The summed E-state index contributed by atoms with van der Waals surface area (Å²) in [6, 6.07) is 12.9. The van der Waals surface area contributed by atoms with Gasteiger partial charge in [-0.2, -0.15) is 0 Å². The maximum absolute atomic E-state index is 13.2. The predicted octanol–water partition coefficient (Wildman–Crippen LogP) is 3.18. The van der Waals surface area contributed by atoms with Gasteiger partial charge in [0.2, 0.25) is 5.91 Å². The quantitative estimate of drug-likeness (QED) is 0.737. The first-order valence-corrected chi connectivity index (χ1v) is 11.6. The lowest BCUT2D eigenvalue weighted by Crippen LogP contribution is -2.73. The number of carbonyl (C=O) groups excluding carboxylic acids is 2. The van der Waals surface area contributed by atoms with Crippen LogP contribution in [0.5, 0.6) is 0 Å². The molecule has 33 heavy (non-hydrogen) atoms. The third-order valence-corrected chi connectivity index (χ3v) is 7.20. The largest absolute Gasteiger partial charge is 0.394 e. The second-order valence-corrected chi connectivity index (χ2v) is 9.21. The highest BCUT2D eigenvalue weighted by molar-refractivity contribution is 5.97. The van der Waals surface area contributed by atoms with Crippen LogP contribution < -0.4 is 0 Å². The van der Waals surface area contributed by atoms with Crippen molar-refractivity contribution in [3.63, 3.8) is 0 Å². The first-order valence-electron chi connectivity index (χ1n) is 11.6. The van der Waals surface area contributed by atoms with Crippen molar-refractivity contribution in [1.29, 1.82) is 0 Å². The molecule has 0 unspecified atom stereocenters. The zero-order valence-electron chi connectivity index (χ0n) is 18.4. The highest BCUT2D eigenvalue weighted by Crippen LogP contribution is 2.43. The van der Waals surface area contributed by atoms with E-state index in [1.54, 1.807) is 4.90 Å². The van der Waals surface area contributed by atoms with Gasteiger partial charge in [-0.1, -0.05) is 36.8 Å². The normalized spacial score (nSPS) is 24.7. The molecule has 2 heterocycles. The van der Waals surface area contributed by atoms with Gasteiger partial charge in [0.15, 0.2) is 0 Å². The molecule has 0 radical (unpaired) electrons. The minimum Gasteiger partial charge on any atom is -0.394 e. The average molecular weight is 447 g/mol. The number of hydrogen-bond acceptors (Lipinski definition) is 3. The third-order valence-electron chi connectivity index (χ3n) is 7.20. The number of aliphatic hydroxyl groups is 1. The summed E-state index contributed by atoms with van der Waals surface area (Å²) in [5.41, 5.74) is 2.36. The standard InChI is InChI=1S/C27H27FN2O3/c28-22-13-11-21(12-14-22)27(33)29-15-23-26(24(17-31)30(23)25(32)16-29)20-9-7-19(8-10-20)6-5-18-3-1-2-4-18/h7-14,18,23-24,26,31H,1-4,15-17H2/t23-,24+,26+/m0/s1. The van der Waals surface area contributed by atoms with Gasteiger partial charge in [0.25, 0.3) is 5.91 Å². The molecule has 6 heteroatoms. The second-order valence-electron chi connectivity index (χ2n) is 9.21. The number of hydrogen-bond donors (Lipinski definition) is 1. The number of rotatable bonds is 3. The Morgan fingerprint density at radius 2 is 1.76 bits per heavy atom. The highest BCUT2D eigenvalue weighted by atomic mass is 19.1.